The summed E-state index contributed by atoms with van der Waals surface area (Å²) in [5, 5.41) is 0. The molecule has 3 nitrogen and oxygen atoms in total. The normalized spacial score (nSPS) is 10.6. The first kappa shape index (κ1) is 10.1. The molecule has 1 aromatic heterocycles. The Kier molecular flexibility index (Phi) is 4.35. The molecule has 0 fully saturated rings. The number of aromatic nitrogens is 1. The van der Waals surface area contributed by atoms with Gasteiger partial charge in [0.15, 0.2) is 0 Å². The van der Waals surface area contributed by atoms with E-state index in [0.29, 0.717) is 5.82 Å². The van der Waals surface area contributed by atoms with Crippen LogP contribution in [0, 0.1) is 0 Å². The zero-order valence-electron chi connectivity index (χ0n) is 7.27. The highest BCUT2D eigenvalue weighted by Gasteiger charge is 1.89. The molecule has 0 atom stereocenters. The molecule has 0 aliphatic heterocycles. The molecule has 0 spiro atoms. The third kappa shape index (κ3) is 3.48. The number of hydrogen-bond donors (Lipinski definition) is 3. The van der Waals surface area contributed by atoms with Gasteiger partial charge in [-0.2, -0.15) is 12.6 Å². The highest BCUT2D eigenvalue weighted by Crippen LogP contribution is 2.05. The van der Waals surface area contributed by atoms with E-state index in [2.05, 4.69) is 29.1 Å². The summed E-state index contributed by atoms with van der Waals surface area (Å²) in [4.78, 5) is 4.07. The van der Waals surface area contributed by atoms with Gasteiger partial charge in [0.05, 0.1) is 0 Å². The second-order valence-electron chi connectivity index (χ2n) is 2.54. The molecule has 0 aromatic carbocycles. The van der Waals surface area contributed by atoms with Crippen LogP contribution in [0.4, 0.5) is 5.82 Å². The third-order valence-electron chi connectivity index (χ3n) is 1.54. The van der Waals surface area contributed by atoms with Gasteiger partial charge in [0, 0.05) is 6.20 Å². The first-order valence-electron chi connectivity index (χ1n) is 4.07. The molecule has 0 radical (unpaired) electrons. The molecule has 0 unspecified atom stereocenters. The number of hydrogen-bond acceptors (Lipinski definition) is 4. The smallest absolute Gasteiger partial charge is 0.139 e. The molecule has 0 saturated carbocycles. The van der Waals surface area contributed by atoms with Gasteiger partial charge in [-0.15, -0.1) is 0 Å². The Morgan fingerprint density at radius 3 is 2.92 bits per heavy atom. The van der Waals surface area contributed by atoms with Crippen LogP contribution in [-0.2, 0) is 0 Å². The number of allylic oxidation sites excluding steroid dienone is 1. The number of nitrogens with two attached hydrogens (primary N) is 1. The molecule has 13 heavy (non-hydrogen) atoms. The average Bonchev–Trinajstić information content (AvgIpc) is 2.19. The molecule has 1 rings (SSSR count). The molecular formula is C9H13N3S. The molecule has 1 heterocycles. The number of hydrazine groups is 1. The van der Waals surface area contributed by atoms with Gasteiger partial charge < -0.3 is 5.43 Å². The first-order chi connectivity index (χ1) is 6.36. The molecule has 0 aliphatic rings. The van der Waals surface area contributed by atoms with Crippen LogP contribution in [0.15, 0.2) is 24.4 Å². The van der Waals surface area contributed by atoms with E-state index in [9.17, 15) is 0 Å². The van der Waals surface area contributed by atoms with Gasteiger partial charge in [0.1, 0.15) is 5.82 Å². The SMILES string of the molecule is NNc1ccc(C=CCCS)cn1. The van der Waals surface area contributed by atoms with Crippen molar-refractivity contribution >= 4 is 24.5 Å². The maximum absolute atomic E-state index is 5.18. The highest BCUT2D eigenvalue weighted by atomic mass is 32.1. The Labute approximate surface area is 83.4 Å². The Hall–Kier alpha value is -1.00. The van der Waals surface area contributed by atoms with Gasteiger partial charge >= 0.3 is 0 Å². The summed E-state index contributed by atoms with van der Waals surface area (Å²) in [6, 6.07) is 3.79. The molecule has 3 N–H and O–H groups in total. The maximum atomic E-state index is 5.18. The summed E-state index contributed by atoms with van der Waals surface area (Å²) in [7, 11) is 0. The number of nitrogens with zero attached hydrogens (tertiary/aromatic N) is 1. The monoisotopic (exact) mass is 195 g/mol. The van der Waals surface area contributed by atoms with Crippen molar-refractivity contribution < 1.29 is 0 Å². The molecule has 1 aromatic rings. The Morgan fingerprint density at radius 1 is 1.54 bits per heavy atom. The quantitative estimate of drug-likeness (QED) is 0.389. The Bertz CT molecular complexity index is 269. The van der Waals surface area contributed by atoms with Crippen molar-refractivity contribution in [1.82, 2.24) is 4.98 Å². The Balaban J connectivity index is 2.58. The van der Waals surface area contributed by atoms with Crippen LogP contribution in [0.3, 0.4) is 0 Å². The van der Waals surface area contributed by atoms with Crippen molar-refractivity contribution in [2.24, 2.45) is 5.84 Å². The zero-order chi connectivity index (χ0) is 9.52. The Morgan fingerprint density at radius 2 is 2.38 bits per heavy atom. The number of pyridine rings is 1. The molecular weight excluding hydrogens is 182 g/mol. The first-order valence-corrected chi connectivity index (χ1v) is 4.70. The van der Waals surface area contributed by atoms with Gasteiger partial charge in [0.25, 0.3) is 0 Å². The van der Waals surface area contributed by atoms with E-state index in [1.54, 1.807) is 6.20 Å². The maximum Gasteiger partial charge on any atom is 0.139 e. The van der Waals surface area contributed by atoms with Crippen LogP contribution in [-0.4, -0.2) is 10.7 Å². The second-order valence-corrected chi connectivity index (χ2v) is 2.98. The van der Waals surface area contributed by atoms with Crippen LogP contribution in [0.1, 0.15) is 12.0 Å². The second kappa shape index (κ2) is 5.61. The fourth-order valence-corrected chi connectivity index (χ4v) is 1.03. The predicted molar refractivity (Wildman–Crippen MR) is 59.6 cm³/mol. The van der Waals surface area contributed by atoms with E-state index in [1.165, 1.54) is 0 Å². The zero-order valence-corrected chi connectivity index (χ0v) is 8.17. The van der Waals surface area contributed by atoms with E-state index in [-0.39, 0.29) is 0 Å². The van der Waals surface area contributed by atoms with Crippen molar-refractivity contribution in [1.29, 1.82) is 0 Å². The molecule has 0 amide bonds. The molecule has 0 bridgehead atoms. The number of nitrogens with one attached hydrogen (secondary N) is 1. The van der Waals surface area contributed by atoms with E-state index in [4.69, 9.17) is 5.84 Å². The summed E-state index contributed by atoms with van der Waals surface area (Å²) >= 11 is 4.11. The summed E-state index contributed by atoms with van der Waals surface area (Å²) in [6.45, 7) is 0. The van der Waals surface area contributed by atoms with E-state index in [1.807, 2.05) is 18.2 Å². The summed E-state index contributed by atoms with van der Waals surface area (Å²) < 4.78 is 0. The van der Waals surface area contributed by atoms with Crippen molar-refractivity contribution in [2.45, 2.75) is 6.42 Å². The largest absolute Gasteiger partial charge is 0.308 e. The third-order valence-corrected chi connectivity index (χ3v) is 1.80. The number of nitrogen functional groups attached to an aromatic ring is 1. The average molecular weight is 195 g/mol. The van der Waals surface area contributed by atoms with Crippen molar-refractivity contribution in [3.05, 3.63) is 30.0 Å². The van der Waals surface area contributed by atoms with Crippen LogP contribution >= 0.6 is 12.6 Å². The fraction of sp³-hybridized carbons (Fsp3) is 0.222. The fourth-order valence-electron chi connectivity index (χ4n) is 0.883. The van der Waals surface area contributed by atoms with Crippen molar-refractivity contribution in [2.75, 3.05) is 11.2 Å². The number of anilines is 1. The van der Waals surface area contributed by atoms with Crippen LogP contribution in [0.2, 0.25) is 0 Å². The highest BCUT2D eigenvalue weighted by molar-refractivity contribution is 7.80. The number of thiol groups is 1. The van der Waals surface area contributed by atoms with E-state index < -0.39 is 0 Å². The lowest BCUT2D eigenvalue weighted by atomic mass is 10.2. The molecule has 0 saturated heterocycles. The lowest BCUT2D eigenvalue weighted by Gasteiger charge is -1.97. The summed E-state index contributed by atoms with van der Waals surface area (Å²) in [5.74, 6) is 6.72. The predicted octanol–water partition coefficient (Wildman–Crippen LogP) is 1.70. The van der Waals surface area contributed by atoms with Crippen LogP contribution < -0.4 is 11.3 Å². The van der Waals surface area contributed by atoms with Gasteiger partial charge in [-0.25, -0.2) is 10.8 Å². The molecule has 0 aliphatic carbocycles. The van der Waals surface area contributed by atoms with Crippen molar-refractivity contribution in [3.8, 4) is 0 Å². The summed E-state index contributed by atoms with van der Waals surface area (Å²) in [6.07, 6.45) is 6.83. The summed E-state index contributed by atoms with van der Waals surface area (Å²) in [5.41, 5.74) is 3.54. The minimum Gasteiger partial charge on any atom is -0.308 e. The van der Waals surface area contributed by atoms with Gasteiger partial charge in [-0.05, 0) is 29.9 Å². The minimum absolute atomic E-state index is 0.673. The lowest BCUT2D eigenvalue weighted by molar-refractivity contribution is 1.22. The minimum atomic E-state index is 0.673. The van der Waals surface area contributed by atoms with Crippen molar-refractivity contribution in [3.63, 3.8) is 0 Å². The van der Waals surface area contributed by atoms with E-state index in [0.717, 1.165) is 17.7 Å². The topological polar surface area (TPSA) is 50.9 Å². The lowest BCUT2D eigenvalue weighted by Crippen LogP contribution is -2.07. The molecule has 70 valence electrons. The number of rotatable bonds is 4. The van der Waals surface area contributed by atoms with Gasteiger partial charge in [-0.3, -0.25) is 0 Å². The van der Waals surface area contributed by atoms with E-state index >= 15 is 0 Å². The van der Waals surface area contributed by atoms with Crippen LogP contribution in [0.25, 0.3) is 6.08 Å². The van der Waals surface area contributed by atoms with Gasteiger partial charge in [-0.1, -0.05) is 12.2 Å². The molecule has 4 heteroatoms. The van der Waals surface area contributed by atoms with Gasteiger partial charge in [0.2, 0.25) is 0 Å². The van der Waals surface area contributed by atoms with Crippen LogP contribution in [0.5, 0.6) is 0 Å². The standard InChI is InChI=1S/C9H13N3S/c10-12-9-5-4-8(7-11-9)3-1-2-6-13/h1,3-5,7,13H,2,6,10H2,(H,11,12).